The standard InChI is InChI=1S/C26H22F6N6O3S/c27-25(28,29)14-41-18-3-1-2-15(10-18)4-6-17-11-19-21(23(39)36-17)22(24(40)34-8-9-42-26(30,31)32)38(37-19)20-7-5-16(12-33)13-35-20/h1-3,5,7,10,13,17H,4,6,8-9,11,14H2,(H,34,40)(H,36,39). The first-order chi connectivity index (χ1) is 19.8. The fraction of sp³-hybridized carbons (Fsp3) is 0.346. The Labute approximate surface area is 239 Å². The molecule has 0 radical (unpaired) electrons. The highest BCUT2D eigenvalue weighted by Crippen LogP contribution is 2.30. The van der Waals surface area contributed by atoms with Gasteiger partial charge in [-0.15, -0.1) is 0 Å². The number of rotatable bonds is 10. The maximum absolute atomic E-state index is 13.2. The third kappa shape index (κ3) is 8.15. The summed E-state index contributed by atoms with van der Waals surface area (Å²) in [6.07, 6.45) is -2.28. The van der Waals surface area contributed by atoms with E-state index in [4.69, 9.17) is 10.00 Å². The number of ether oxygens (including phenoxy) is 1. The van der Waals surface area contributed by atoms with Crippen molar-refractivity contribution >= 4 is 23.6 Å². The van der Waals surface area contributed by atoms with E-state index in [1.165, 1.54) is 30.5 Å². The molecule has 4 rings (SSSR count). The topological polar surface area (TPSA) is 122 Å². The zero-order chi connectivity index (χ0) is 30.5. The zero-order valence-electron chi connectivity index (χ0n) is 21.6. The van der Waals surface area contributed by atoms with E-state index in [2.05, 4.69) is 20.7 Å². The van der Waals surface area contributed by atoms with Crippen LogP contribution in [0, 0.1) is 11.3 Å². The number of carbonyl (C=O) groups excluding carboxylic acids is 2. The highest BCUT2D eigenvalue weighted by Gasteiger charge is 2.35. The van der Waals surface area contributed by atoms with E-state index in [0.29, 0.717) is 18.4 Å². The fourth-order valence-corrected chi connectivity index (χ4v) is 4.66. The second-order valence-corrected chi connectivity index (χ2v) is 10.3. The summed E-state index contributed by atoms with van der Waals surface area (Å²) in [5.74, 6) is -1.74. The molecule has 222 valence electrons. The molecule has 0 aliphatic carbocycles. The molecule has 1 aliphatic heterocycles. The number of amides is 2. The predicted octanol–water partition coefficient (Wildman–Crippen LogP) is 4.35. The summed E-state index contributed by atoms with van der Waals surface area (Å²) in [7, 11) is 0. The van der Waals surface area contributed by atoms with Gasteiger partial charge in [-0.3, -0.25) is 9.59 Å². The molecular formula is C26H22F6N6O3S. The molecule has 0 fully saturated rings. The van der Waals surface area contributed by atoms with Crippen molar-refractivity contribution in [2.45, 2.75) is 37.0 Å². The number of aromatic nitrogens is 3. The predicted molar refractivity (Wildman–Crippen MR) is 138 cm³/mol. The zero-order valence-corrected chi connectivity index (χ0v) is 22.4. The number of nitrogens with zero attached hydrogens (tertiary/aromatic N) is 4. The highest BCUT2D eigenvalue weighted by atomic mass is 32.2. The van der Waals surface area contributed by atoms with Crippen LogP contribution in [0.15, 0.2) is 42.6 Å². The van der Waals surface area contributed by atoms with E-state index in [-0.39, 0.29) is 58.8 Å². The van der Waals surface area contributed by atoms with Crippen molar-refractivity contribution < 1.29 is 40.7 Å². The Balaban J connectivity index is 1.52. The van der Waals surface area contributed by atoms with E-state index in [1.54, 1.807) is 12.1 Å². The minimum Gasteiger partial charge on any atom is -0.484 e. The number of alkyl halides is 6. The Morgan fingerprint density at radius 3 is 2.67 bits per heavy atom. The van der Waals surface area contributed by atoms with Crippen LogP contribution < -0.4 is 15.4 Å². The summed E-state index contributed by atoms with van der Waals surface area (Å²) in [4.78, 5) is 30.4. The maximum atomic E-state index is 13.2. The molecule has 2 aromatic heterocycles. The number of fused-ring (bicyclic) bond motifs is 1. The number of nitrogens with one attached hydrogen (secondary N) is 2. The van der Waals surface area contributed by atoms with Crippen LogP contribution >= 0.6 is 11.8 Å². The molecule has 0 spiro atoms. The van der Waals surface area contributed by atoms with Gasteiger partial charge in [-0.25, -0.2) is 9.67 Å². The number of halogens is 6. The quantitative estimate of drug-likeness (QED) is 0.258. The summed E-state index contributed by atoms with van der Waals surface area (Å²) < 4.78 is 80.8. The second kappa shape index (κ2) is 12.7. The van der Waals surface area contributed by atoms with Gasteiger partial charge in [-0.05, 0) is 54.4 Å². The minimum atomic E-state index is -4.48. The molecule has 42 heavy (non-hydrogen) atoms. The summed E-state index contributed by atoms with van der Waals surface area (Å²) in [5, 5.41) is 18.7. The average Bonchev–Trinajstić information content (AvgIpc) is 3.33. The normalized spacial score (nSPS) is 15.0. The number of thioether (sulfide) groups is 1. The highest BCUT2D eigenvalue weighted by molar-refractivity contribution is 8.00. The lowest BCUT2D eigenvalue weighted by Crippen LogP contribution is -2.42. The molecule has 1 unspecified atom stereocenters. The maximum Gasteiger partial charge on any atom is 0.441 e. The van der Waals surface area contributed by atoms with Crippen LogP contribution in [0.5, 0.6) is 5.75 Å². The summed E-state index contributed by atoms with van der Waals surface area (Å²) in [6, 6.07) is 10.5. The third-order valence-corrected chi connectivity index (χ3v) is 6.74. The molecule has 0 bridgehead atoms. The van der Waals surface area contributed by atoms with Crippen LogP contribution in [0.1, 0.15) is 44.1 Å². The first-order valence-electron chi connectivity index (χ1n) is 12.4. The van der Waals surface area contributed by atoms with Gasteiger partial charge in [0, 0.05) is 31.0 Å². The average molecular weight is 613 g/mol. The number of pyridine rings is 1. The number of nitriles is 1. The van der Waals surface area contributed by atoms with E-state index in [9.17, 15) is 35.9 Å². The molecule has 3 heterocycles. The van der Waals surface area contributed by atoms with Crippen LogP contribution in [-0.2, 0) is 12.8 Å². The number of hydrogen-bond donors (Lipinski definition) is 2. The Bertz CT molecular complexity index is 1480. The smallest absolute Gasteiger partial charge is 0.441 e. The van der Waals surface area contributed by atoms with E-state index >= 15 is 0 Å². The molecule has 1 aliphatic rings. The van der Waals surface area contributed by atoms with Crippen molar-refractivity contribution in [3.8, 4) is 17.6 Å². The lowest BCUT2D eigenvalue weighted by Gasteiger charge is -2.23. The van der Waals surface area contributed by atoms with E-state index < -0.39 is 41.9 Å². The van der Waals surface area contributed by atoms with Gasteiger partial charge in [0.1, 0.15) is 17.5 Å². The van der Waals surface area contributed by atoms with Crippen LogP contribution in [0.25, 0.3) is 5.82 Å². The van der Waals surface area contributed by atoms with Gasteiger partial charge in [0.05, 0.1) is 16.8 Å². The van der Waals surface area contributed by atoms with Crippen molar-refractivity contribution in [3.63, 3.8) is 0 Å². The van der Waals surface area contributed by atoms with Gasteiger partial charge in [-0.1, -0.05) is 12.1 Å². The Morgan fingerprint density at radius 2 is 2.00 bits per heavy atom. The van der Waals surface area contributed by atoms with Crippen LogP contribution in [0.2, 0.25) is 0 Å². The molecule has 16 heteroatoms. The summed E-state index contributed by atoms with van der Waals surface area (Å²) in [6.45, 7) is -1.76. The van der Waals surface area contributed by atoms with E-state index in [1.807, 2.05) is 6.07 Å². The molecule has 2 amide bonds. The molecule has 2 N–H and O–H groups in total. The molecule has 9 nitrogen and oxygen atoms in total. The fourth-order valence-electron chi connectivity index (χ4n) is 4.23. The minimum absolute atomic E-state index is 0.0535. The SMILES string of the molecule is N#Cc1ccc(-n2nc3c(c2C(=O)NCCSC(F)(F)F)C(=O)NC(CCc2cccc(OCC(F)(F)F)c2)C3)nc1. The van der Waals surface area contributed by atoms with Crippen molar-refractivity contribution in [2.75, 3.05) is 18.9 Å². The Kier molecular flexibility index (Phi) is 9.30. The largest absolute Gasteiger partial charge is 0.484 e. The van der Waals surface area contributed by atoms with Gasteiger partial charge in [0.15, 0.2) is 12.4 Å². The number of benzene rings is 1. The van der Waals surface area contributed by atoms with Crippen molar-refractivity contribution in [1.29, 1.82) is 5.26 Å². The summed E-state index contributed by atoms with van der Waals surface area (Å²) in [5.41, 5.74) is -3.57. The van der Waals surface area contributed by atoms with Crippen molar-refractivity contribution in [2.24, 2.45) is 0 Å². The van der Waals surface area contributed by atoms with Gasteiger partial charge < -0.3 is 15.4 Å². The van der Waals surface area contributed by atoms with E-state index in [0.717, 1.165) is 4.68 Å². The lowest BCUT2D eigenvalue weighted by molar-refractivity contribution is -0.153. The van der Waals surface area contributed by atoms with Crippen LogP contribution in [0.4, 0.5) is 26.3 Å². The first kappa shape index (κ1) is 30.7. The molecule has 1 atom stereocenters. The number of carbonyl (C=O) groups is 2. The first-order valence-corrected chi connectivity index (χ1v) is 13.4. The Morgan fingerprint density at radius 1 is 1.21 bits per heavy atom. The third-order valence-electron chi connectivity index (χ3n) is 6.00. The molecule has 0 saturated heterocycles. The second-order valence-electron chi connectivity index (χ2n) is 9.11. The molecule has 0 saturated carbocycles. The molecule has 3 aromatic rings. The molecular weight excluding hydrogens is 590 g/mol. The Hall–Kier alpha value is -4.26. The van der Waals surface area contributed by atoms with Crippen molar-refractivity contribution in [3.05, 3.63) is 70.7 Å². The molecule has 1 aromatic carbocycles. The van der Waals surface area contributed by atoms with Gasteiger partial charge in [0.2, 0.25) is 0 Å². The summed E-state index contributed by atoms with van der Waals surface area (Å²) >= 11 is -0.302. The monoisotopic (exact) mass is 612 g/mol. The van der Waals surface area contributed by atoms with Gasteiger partial charge in [0.25, 0.3) is 11.8 Å². The van der Waals surface area contributed by atoms with Crippen LogP contribution in [0.3, 0.4) is 0 Å². The van der Waals surface area contributed by atoms with Gasteiger partial charge in [-0.2, -0.15) is 36.7 Å². The lowest BCUT2D eigenvalue weighted by atomic mass is 9.95. The van der Waals surface area contributed by atoms with Gasteiger partial charge >= 0.3 is 11.7 Å². The van der Waals surface area contributed by atoms with Crippen molar-refractivity contribution in [1.82, 2.24) is 25.4 Å². The number of aryl methyl sites for hydroxylation is 1. The van der Waals surface area contributed by atoms with Crippen LogP contribution in [-0.4, -0.2) is 63.2 Å². The number of hydrogen-bond acceptors (Lipinski definition) is 7.